The van der Waals surface area contributed by atoms with Crippen molar-refractivity contribution < 1.29 is 9.59 Å². The highest BCUT2D eigenvalue weighted by Crippen LogP contribution is 2.37. The molecule has 11 nitrogen and oxygen atoms in total. The molecule has 1 saturated heterocycles. The van der Waals surface area contributed by atoms with Gasteiger partial charge in [-0.05, 0) is 111 Å². The van der Waals surface area contributed by atoms with Crippen molar-refractivity contribution in [2.45, 2.75) is 64.5 Å². The van der Waals surface area contributed by atoms with E-state index in [2.05, 4.69) is 78.1 Å². The zero-order valence-electron chi connectivity index (χ0n) is 32.0. The van der Waals surface area contributed by atoms with E-state index in [4.69, 9.17) is 4.98 Å². The van der Waals surface area contributed by atoms with E-state index in [0.29, 0.717) is 23.5 Å². The predicted octanol–water partition coefficient (Wildman–Crippen LogP) is 8.99. The largest absolute Gasteiger partial charge is 0.300 e. The van der Waals surface area contributed by atoms with Crippen LogP contribution in [0, 0.1) is 13.8 Å². The van der Waals surface area contributed by atoms with Crippen molar-refractivity contribution in [2.75, 3.05) is 0 Å². The maximum Gasteiger partial charge on any atom is 0.183 e. The van der Waals surface area contributed by atoms with Crippen LogP contribution in [0.1, 0.15) is 94.1 Å². The number of nitrogens with zero attached hydrogens (tertiary/aromatic N) is 8. The summed E-state index contributed by atoms with van der Waals surface area (Å²) in [5, 5.41) is 3.84. The number of nitrogens with one attached hydrogen (secondary N) is 1. The van der Waals surface area contributed by atoms with Gasteiger partial charge in [-0.25, -0.2) is 9.97 Å². The summed E-state index contributed by atoms with van der Waals surface area (Å²) < 4.78 is 4.09. The van der Waals surface area contributed by atoms with Crippen LogP contribution < -0.4 is 5.32 Å². The number of Topliss-reactive ketones (excluding diaryl/α,β-unsaturated/α-hetero) is 2. The highest BCUT2D eigenvalue weighted by atomic mass is 16.1. The van der Waals surface area contributed by atoms with Crippen molar-refractivity contribution >= 4 is 22.9 Å². The average Bonchev–Trinajstić information content (AvgIpc) is 3.85. The summed E-state index contributed by atoms with van der Waals surface area (Å²) in [5.74, 6) is -0.119. The molecule has 0 bridgehead atoms. The molecule has 1 fully saturated rings. The number of hydrogen-bond acceptors (Lipinski definition) is 9. The molecule has 0 amide bonds. The first-order valence-electron chi connectivity index (χ1n) is 19.4. The van der Waals surface area contributed by atoms with Gasteiger partial charge in [-0.3, -0.25) is 38.3 Å². The third-order valence-electron chi connectivity index (χ3n) is 10.4. The molecular formula is C46H43N9O2. The molecule has 0 saturated carbocycles. The predicted molar refractivity (Wildman–Crippen MR) is 220 cm³/mol. The van der Waals surface area contributed by atoms with E-state index in [9.17, 15) is 9.59 Å². The van der Waals surface area contributed by atoms with Crippen LogP contribution >= 0.6 is 0 Å². The van der Waals surface area contributed by atoms with Crippen LogP contribution in [0.25, 0.3) is 33.8 Å². The summed E-state index contributed by atoms with van der Waals surface area (Å²) in [4.78, 5) is 52.0. The molecule has 2 atom stereocenters. The molecule has 1 N–H and O–H groups in total. The van der Waals surface area contributed by atoms with Crippen LogP contribution in [0.15, 0.2) is 135 Å². The Hall–Kier alpha value is -6.72. The molecule has 1 aliphatic heterocycles. The van der Waals surface area contributed by atoms with Crippen LogP contribution in [-0.2, 0) is 0 Å². The average molecular weight is 754 g/mol. The molecule has 0 radical (unpaired) electrons. The number of fused-ring (bicyclic) bond motifs is 2. The van der Waals surface area contributed by atoms with Gasteiger partial charge in [0.2, 0.25) is 0 Å². The summed E-state index contributed by atoms with van der Waals surface area (Å²) in [6, 6.07) is 27.9. The molecule has 8 aromatic heterocycles. The number of rotatable bonds is 10. The standard InChI is InChI=1S/C23H23N5.C23H20N4O2/c1-16-6-5-12-25-21(16)18-7-4-8-19(26-18)22-23(17-10-13-24-14-11-17)28-15-3-2-9-20(28)27-22;1-16-6-5-12-25-21(16)18(28)7-4-8-19(29)22-23(17-10-13-24-14-11-17)27-15-3-2-9-20(27)26-22/h2-3,5-6,9-15,18-19,26H,4,7-8H2,1H3;2-3,5-6,9-15H,4,7-8H2,1H3/t18-,19+;/m1./s1. The minimum atomic E-state index is -0.0777. The molecule has 284 valence electrons. The molecule has 0 aromatic carbocycles. The minimum Gasteiger partial charge on any atom is -0.300 e. The molecule has 57 heavy (non-hydrogen) atoms. The summed E-state index contributed by atoms with van der Waals surface area (Å²) >= 11 is 0. The smallest absolute Gasteiger partial charge is 0.183 e. The summed E-state index contributed by atoms with van der Waals surface area (Å²) in [6.07, 6.45) is 18.9. The van der Waals surface area contributed by atoms with Crippen molar-refractivity contribution in [2.24, 2.45) is 0 Å². The Morgan fingerprint density at radius 1 is 0.596 bits per heavy atom. The molecule has 8 aromatic rings. The highest BCUT2D eigenvalue weighted by molar-refractivity contribution is 6.01. The van der Waals surface area contributed by atoms with Gasteiger partial charge in [0.15, 0.2) is 11.6 Å². The number of imidazole rings is 2. The van der Waals surface area contributed by atoms with Gasteiger partial charge in [-0.1, -0.05) is 24.3 Å². The van der Waals surface area contributed by atoms with E-state index in [1.54, 1.807) is 24.7 Å². The molecule has 9 rings (SSSR count). The quantitative estimate of drug-likeness (QED) is 0.136. The number of carbonyl (C=O) groups excluding carboxylic acids is 2. The SMILES string of the molecule is Cc1cccnc1C(=O)CCCC(=O)c1nc2ccccn2c1-c1ccncc1.Cc1cccnc1[C@H]1CCC[C@@H](c2nc3ccccn3c2-c2ccncc2)N1. The third-order valence-corrected chi connectivity index (χ3v) is 10.4. The number of hydrogen-bond donors (Lipinski definition) is 1. The van der Waals surface area contributed by atoms with Crippen molar-refractivity contribution in [3.05, 3.63) is 168 Å². The Morgan fingerprint density at radius 3 is 1.81 bits per heavy atom. The third kappa shape index (κ3) is 8.01. The van der Waals surface area contributed by atoms with Gasteiger partial charge in [-0.2, -0.15) is 0 Å². The van der Waals surface area contributed by atoms with Crippen LogP contribution in [0.2, 0.25) is 0 Å². The molecule has 0 unspecified atom stereocenters. The van der Waals surface area contributed by atoms with E-state index in [1.165, 1.54) is 5.56 Å². The number of aromatic nitrogens is 8. The molecule has 0 aliphatic carbocycles. The normalized spacial score (nSPS) is 15.3. The lowest BCUT2D eigenvalue weighted by Crippen LogP contribution is -2.32. The Kier molecular flexibility index (Phi) is 11.1. The zero-order valence-corrected chi connectivity index (χ0v) is 32.0. The minimum absolute atomic E-state index is 0.0414. The number of pyridine rings is 6. The number of aryl methyl sites for hydroxylation is 2. The van der Waals surface area contributed by atoms with Crippen LogP contribution in [0.4, 0.5) is 0 Å². The highest BCUT2D eigenvalue weighted by Gasteiger charge is 2.30. The Balaban J connectivity index is 0.000000160. The van der Waals surface area contributed by atoms with E-state index in [1.807, 2.05) is 84.6 Å². The lowest BCUT2D eigenvalue weighted by molar-refractivity contribution is 0.0952. The number of piperidine rings is 1. The maximum atomic E-state index is 13.0. The Morgan fingerprint density at radius 2 is 1.16 bits per heavy atom. The molecular weight excluding hydrogens is 711 g/mol. The second kappa shape index (κ2) is 17.0. The summed E-state index contributed by atoms with van der Waals surface area (Å²) in [7, 11) is 0. The molecule has 1 aliphatic rings. The summed E-state index contributed by atoms with van der Waals surface area (Å²) in [6.45, 7) is 4.00. The topological polar surface area (TPSA) is 132 Å². The first kappa shape index (κ1) is 37.2. The van der Waals surface area contributed by atoms with Crippen molar-refractivity contribution in [1.82, 2.24) is 44.0 Å². The van der Waals surface area contributed by atoms with Gasteiger partial charge in [0.1, 0.15) is 22.7 Å². The van der Waals surface area contributed by atoms with E-state index < -0.39 is 0 Å². The fourth-order valence-corrected chi connectivity index (χ4v) is 7.68. The first-order valence-corrected chi connectivity index (χ1v) is 19.4. The molecule has 11 heteroatoms. The maximum absolute atomic E-state index is 13.0. The number of ketones is 2. The van der Waals surface area contributed by atoms with E-state index in [0.717, 1.165) is 64.4 Å². The van der Waals surface area contributed by atoms with Gasteiger partial charge in [0, 0.05) is 73.5 Å². The van der Waals surface area contributed by atoms with Crippen molar-refractivity contribution in [3.8, 4) is 22.5 Å². The van der Waals surface area contributed by atoms with Crippen molar-refractivity contribution in [1.29, 1.82) is 0 Å². The van der Waals surface area contributed by atoms with E-state index in [-0.39, 0.29) is 36.5 Å². The second-order valence-electron chi connectivity index (χ2n) is 14.3. The van der Waals surface area contributed by atoms with Gasteiger partial charge in [-0.15, -0.1) is 0 Å². The zero-order chi connectivity index (χ0) is 39.1. The molecule has 9 heterocycles. The number of carbonyl (C=O) groups is 2. The molecule has 0 spiro atoms. The monoisotopic (exact) mass is 753 g/mol. The first-order chi connectivity index (χ1) is 28.0. The Labute approximate surface area is 331 Å². The van der Waals surface area contributed by atoms with Gasteiger partial charge in [0.25, 0.3) is 0 Å². The second-order valence-corrected chi connectivity index (χ2v) is 14.3. The van der Waals surface area contributed by atoms with Crippen molar-refractivity contribution in [3.63, 3.8) is 0 Å². The fourth-order valence-electron chi connectivity index (χ4n) is 7.68. The van der Waals surface area contributed by atoms with Crippen LogP contribution in [0.3, 0.4) is 0 Å². The van der Waals surface area contributed by atoms with Crippen LogP contribution in [0.5, 0.6) is 0 Å². The van der Waals surface area contributed by atoms with Crippen LogP contribution in [-0.4, -0.2) is 50.3 Å². The van der Waals surface area contributed by atoms with E-state index >= 15 is 0 Å². The van der Waals surface area contributed by atoms with Gasteiger partial charge >= 0.3 is 0 Å². The van der Waals surface area contributed by atoms with Gasteiger partial charge in [0.05, 0.1) is 34.9 Å². The van der Waals surface area contributed by atoms with Gasteiger partial charge < -0.3 is 5.32 Å². The summed E-state index contributed by atoms with van der Waals surface area (Å²) in [5.41, 5.74) is 10.9. The Bertz CT molecular complexity index is 2650. The fraction of sp³-hybridized carbons (Fsp3) is 0.217. The lowest BCUT2D eigenvalue weighted by atomic mass is 9.91. The lowest BCUT2D eigenvalue weighted by Gasteiger charge is -2.31.